The zero-order valence-corrected chi connectivity index (χ0v) is 13.7. The van der Waals surface area contributed by atoms with Gasteiger partial charge >= 0.3 is 0 Å². The van der Waals surface area contributed by atoms with Crippen LogP contribution in [0.4, 0.5) is 5.69 Å². The Hall–Kier alpha value is -1.35. The molecule has 0 amide bonds. The third-order valence-electron chi connectivity index (χ3n) is 3.16. The van der Waals surface area contributed by atoms with Crippen molar-refractivity contribution in [3.8, 4) is 0 Å². The Bertz CT molecular complexity index is 535. The quantitative estimate of drug-likeness (QED) is 0.837. The zero-order chi connectivity index (χ0) is 14.6. The van der Waals surface area contributed by atoms with Crippen molar-refractivity contribution >= 4 is 17.0 Å². The van der Waals surface area contributed by atoms with Gasteiger partial charge in [0.15, 0.2) is 0 Å². The second-order valence-corrected chi connectivity index (χ2v) is 7.05. The Morgan fingerprint density at radius 1 is 1.15 bits per heavy atom. The summed E-state index contributed by atoms with van der Waals surface area (Å²) in [6, 6.07) is 8.71. The minimum absolute atomic E-state index is 0.144. The van der Waals surface area contributed by atoms with Gasteiger partial charge in [-0.15, -0.1) is 11.3 Å². The Morgan fingerprint density at radius 3 is 2.40 bits per heavy atom. The van der Waals surface area contributed by atoms with Crippen LogP contribution in [0.25, 0.3) is 0 Å². The van der Waals surface area contributed by atoms with Crippen LogP contribution in [-0.4, -0.2) is 4.98 Å². The molecule has 0 spiro atoms. The van der Waals surface area contributed by atoms with Gasteiger partial charge in [-0.05, 0) is 24.1 Å². The molecule has 0 fully saturated rings. The van der Waals surface area contributed by atoms with Crippen LogP contribution in [0.1, 0.15) is 50.4 Å². The van der Waals surface area contributed by atoms with Crippen molar-refractivity contribution in [2.24, 2.45) is 0 Å². The zero-order valence-electron chi connectivity index (χ0n) is 12.9. The van der Waals surface area contributed by atoms with Crippen molar-refractivity contribution in [2.75, 3.05) is 5.32 Å². The molecule has 1 aromatic carbocycles. The molecule has 3 heteroatoms. The number of anilines is 1. The van der Waals surface area contributed by atoms with E-state index in [1.54, 1.807) is 11.3 Å². The molecule has 108 valence electrons. The van der Waals surface area contributed by atoms with Gasteiger partial charge in [0, 0.05) is 16.5 Å². The molecule has 0 bridgehead atoms. The molecule has 1 N–H and O–H groups in total. The van der Waals surface area contributed by atoms with Crippen LogP contribution in [0.3, 0.4) is 0 Å². The molecule has 20 heavy (non-hydrogen) atoms. The molecule has 2 nitrogen and oxygen atoms in total. The summed E-state index contributed by atoms with van der Waals surface area (Å²) >= 11 is 1.75. The average molecular weight is 288 g/mol. The van der Waals surface area contributed by atoms with Crippen molar-refractivity contribution in [2.45, 2.75) is 52.5 Å². The van der Waals surface area contributed by atoms with Crippen LogP contribution >= 0.6 is 11.3 Å². The number of benzene rings is 1. The first-order valence-corrected chi connectivity index (χ1v) is 8.14. The number of hydrogen-bond acceptors (Lipinski definition) is 3. The average Bonchev–Trinajstić information content (AvgIpc) is 2.87. The highest BCUT2D eigenvalue weighted by Gasteiger charge is 2.17. The number of nitrogens with one attached hydrogen (secondary N) is 1. The Morgan fingerprint density at radius 2 is 1.85 bits per heavy atom. The summed E-state index contributed by atoms with van der Waals surface area (Å²) in [5, 5.41) is 6.79. The fraction of sp³-hybridized carbons (Fsp3) is 0.471. The fourth-order valence-electron chi connectivity index (χ4n) is 2.00. The van der Waals surface area contributed by atoms with E-state index in [0.29, 0.717) is 0 Å². The normalized spacial score (nSPS) is 11.6. The van der Waals surface area contributed by atoms with Crippen LogP contribution in [0.2, 0.25) is 0 Å². The van der Waals surface area contributed by atoms with Crippen LogP contribution in [0, 0.1) is 0 Å². The molecule has 0 aliphatic carbocycles. The Balaban J connectivity index is 1.93. The molecule has 0 saturated carbocycles. The van der Waals surface area contributed by atoms with E-state index in [1.165, 1.54) is 17.0 Å². The second kappa shape index (κ2) is 6.40. The van der Waals surface area contributed by atoms with E-state index in [-0.39, 0.29) is 5.41 Å². The smallest absolute Gasteiger partial charge is 0.0982 e. The molecule has 0 aliphatic heterocycles. The van der Waals surface area contributed by atoms with Gasteiger partial charge in [0.2, 0.25) is 0 Å². The fourth-order valence-corrected chi connectivity index (χ4v) is 2.91. The van der Waals surface area contributed by atoms with Gasteiger partial charge < -0.3 is 5.32 Å². The summed E-state index contributed by atoms with van der Waals surface area (Å²) in [7, 11) is 0. The number of nitrogens with zero attached hydrogens (tertiary/aromatic N) is 1. The highest BCUT2D eigenvalue weighted by molar-refractivity contribution is 7.09. The third kappa shape index (κ3) is 4.07. The first-order valence-electron chi connectivity index (χ1n) is 7.26. The first kappa shape index (κ1) is 15.0. The largest absolute Gasteiger partial charge is 0.379 e. The Labute approximate surface area is 126 Å². The highest BCUT2D eigenvalue weighted by atomic mass is 32.1. The van der Waals surface area contributed by atoms with Crippen molar-refractivity contribution < 1.29 is 0 Å². The van der Waals surface area contributed by atoms with Gasteiger partial charge in [0.05, 0.1) is 17.2 Å². The van der Waals surface area contributed by atoms with Gasteiger partial charge in [0.1, 0.15) is 0 Å². The monoisotopic (exact) mass is 288 g/mol. The van der Waals surface area contributed by atoms with Gasteiger partial charge in [-0.3, -0.25) is 0 Å². The van der Waals surface area contributed by atoms with E-state index in [4.69, 9.17) is 4.98 Å². The molecular weight excluding hydrogens is 264 g/mol. The molecule has 0 unspecified atom stereocenters. The van der Waals surface area contributed by atoms with E-state index < -0.39 is 0 Å². The summed E-state index contributed by atoms with van der Waals surface area (Å²) in [4.78, 5) is 4.70. The van der Waals surface area contributed by atoms with E-state index in [0.717, 1.165) is 24.3 Å². The highest BCUT2D eigenvalue weighted by Crippen LogP contribution is 2.25. The standard InChI is InChI=1S/C17H24N2S/c1-5-6-13-7-9-14(10-8-13)18-11-15-12-20-16(19-15)17(2,3)4/h7-10,12,18H,5-6,11H2,1-4H3. The van der Waals surface area contributed by atoms with Gasteiger partial charge in [-0.2, -0.15) is 0 Å². The first-order chi connectivity index (χ1) is 9.49. The van der Waals surface area contributed by atoms with Crippen molar-refractivity contribution in [1.82, 2.24) is 4.98 Å². The van der Waals surface area contributed by atoms with Crippen LogP contribution in [0.5, 0.6) is 0 Å². The molecule has 2 rings (SSSR count). The lowest BCUT2D eigenvalue weighted by atomic mass is 9.98. The topological polar surface area (TPSA) is 24.9 Å². The minimum atomic E-state index is 0.144. The maximum absolute atomic E-state index is 4.70. The van der Waals surface area contributed by atoms with E-state index in [9.17, 15) is 0 Å². The number of thiazole rings is 1. The lowest BCUT2D eigenvalue weighted by Crippen LogP contribution is -2.11. The summed E-state index contributed by atoms with van der Waals surface area (Å²) < 4.78 is 0. The van der Waals surface area contributed by atoms with Crippen LogP contribution in [-0.2, 0) is 18.4 Å². The molecule has 0 atom stereocenters. The van der Waals surface area contributed by atoms with Crippen molar-refractivity contribution in [1.29, 1.82) is 0 Å². The van der Waals surface area contributed by atoms with Gasteiger partial charge in [-0.1, -0.05) is 46.2 Å². The summed E-state index contributed by atoms with van der Waals surface area (Å²) in [5.41, 5.74) is 3.83. The number of aromatic nitrogens is 1. The second-order valence-electron chi connectivity index (χ2n) is 6.19. The van der Waals surface area contributed by atoms with E-state index in [2.05, 4.69) is 62.7 Å². The van der Waals surface area contributed by atoms with Crippen LogP contribution < -0.4 is 5.32 Å². The molecule has 0 radical (unpaired) electrons. The van der Waals surface area contributed by atoms with E-state index in [1.807, 2.05) is 0 Å². The summed E-state index contributed by atoms with van der Waals surface area (Å²) in [5.74, 6) is 0. The number of aryl methyl sites for hydroxylation is 1. The molecule has 2 aromatic rings. The lowest BCUT2D eigenvalue weighted by Gasteiger charge is -2.13. The minimum Gasteiger partial charge on any atom is -0.379 e. The predicted octanol–water partition coefficient (Wildman–Crippen LogP) is 5.01. The Kier molecular flexibility index (Phi) is 4.81. The summed E-state index contributed by atoms with van der Waals surface area (Å²) in [6.07, 6.45) is 2.35. The molecule has 1 heterocycles. The molecule has 0 aliphatic rings. The maximum Gasteiger partial charge on any atom is 0.0982 e. The van der Waals surface area contributed by atoms with Crippen molar-refractivity contribution in [3.05, 3.63) is 45.9 Å². The SMILES string of the molecule is CCCc1ccc(NCc2csc(C(C)(C)C)n2)cc1. The molecule has 0 saturated heterocycles. The lowest BCUT2D eigenvalue weighted by molar-refractivity contribution is 0.583. The number of hydrogen-bond donors (Lipinski definition) is 1. The van der Waals surface area contributed by atoms with E-state index >= 15 is 0 Å². The van der Waals surface area contributed by atoms with Gasteiger partial charge in [0.25, 0.3) is 0 Å². The van der Waals surface area contributed by atoms with Crippen molar-refractivity contribution in [3.63, 3.8) is 0 Å². The molecular formula is C17H24N2S. The van der Waals surface area contributed by atoms with Gasteiger partial charge in [-0.25, -0.2) is 4.98 Å². The predicted molar refractivity (Wildman–Crippen MR) is 88.6 cm³/mol. The number of rotatable bonds is 5. The summed E-state index contributed by atoms with van der Waals surface area (Å²) in [6.45, 7) is 9.61. The van der Waals surface area contributed by atoms with Crippen LogP contribution in [0.15, 0.2) is 29.6 Å². The maximum atomic E-state index is 4.70. The molecule has 1 aromatic heterocycles. The third-order valence-corrected chi connectivity index (χ3v) is 4.48.